The maximum absolute atomic E-state index is 13.5. The van der Waals surface area contributed by atoms with E-state index in [9.17, 15) is 4.79 Å². The van der Waals surface area contributed by atoms with Crippen LogP contribution in [0.2, 0.25) is 0 Å². The fourth-order valence-electron chi connectivity index (χ4n) is 4.89. The Labute approximate surface area is 223 Å². The van der Waals surface area contributed by atoms with Crippen molar-refractivity contribution in [1.82, 2.24) is 9.47 Å². The van der Waals surface area contributed by atoms with Crippen LogP contribution in [0.1, 0.15) is 39.1 Å². The molecule has 0 aliphatic carbocycles. The smallest absolute Gasteiger partial charge is 0.190 e. The molecule has 5 aromatic rings. The van der Waals surface area contributed by atoms with E-state index < -0.39 is 0 Å². The summed E-state index contributed by atoms with van der Waals surface area (Å²) in [7, 11) is 2.14. The molecular formula is C33H34N2OS. The number of thiophene rings is 1. The first-order valence-electron chi connectivity index (χ1n) is 12.8. The summed E-state index contributed by atoms with van der Waals surface area (Å²) >= 11 is 1.75. The van der Waals surface area contributed by atoms with Crippen molar-refractivity contribution in [1.29, 1.82) is 0 Å². The highest BCUT2D eigenvalue weighted by atomic mass is 32.1. The fourth-order valence-corrected chi connectivity index (χ4v) is 6.27. The molecule has 0 radical (unpaired) electrons. The molecule has 0 saturated heterocycles. The molecule has 0 fully saturated rings. The maximum Gasteiger partial charge on any atom is 0.190 e. The molecule has 3 nitrogen and oxygen atoms in total. The molecule has 4 heteroatoms. The van der Waals surface area contributed by atoms with Gasteiger partial charge in [0.05, 0.1) is 5.39 Å². The Morgan fingerprint density at radius 3 is 1.86 bits per heavy atom. The third-order valence-electron chi connectivity index (χ3n) is 7.02. The summed E-state index contributed by atoms with van der Waals surface area (Å²) < 4.78 is 2.31. The van der Waals surface area contributed by atoms with E-state index in [1.54, 1.807) is 11.3 Å². The van der Waals surface area contributed by atoms with E-state index in [2.05, 4.69) is 110 Å². The van der Waals surface area contributed by atoms with Gasteiger partial charge in [0, 0.05) is 36.3 Å². The number of pyridine rings is 1. The van der Waals surface area contributed by atoms with Crippen molar-refractivity contribution in [2.45, 2.75) is 47.3 Å². The average Bonchev–Trinajstić information content (AvgIpc) is 3.24. The monoisotopic (exact) mass is 506 g/mol. The maximum atomic E-state index is 13.5. The Morgan fingerprint density at radius 2 is 1.27 bits per heavy atom. The van der Waals surface area contributed by atoms with Gasteiger partial charge < -0.3 is 4.57 Å². The molecule has 3 aromatic carbocycles. The summed E-state index contributed by atoms with van der Waals surface area (Å²) in [6, 6.07) is 27.9. The van der Waals surface area contributed by atoms with Crippen LogP contribution in [-0.4, -0.2) is 16.5 Å². The van der Waals surface area contributed by atoms with Gasteiger partial charge in [0.2, 0.25) is 0 Å². The highest BCUT2D eigenvalue weighted by molar-refractivity contribution is 7.22. The van der Waals surface area contributed by atoms with E-state index in [4.69, 9.17) is 0 Å². The van der Waals surface area contributed by atoms with E-state index in [1.807, 2.05) is 13.0 Å². The lowest BCUT2D eigenvalue weighted by Crippen LogP contribution is -2.19. The predicted molar refractivity (Wildman–Crippen MR) is 158 cm³/mol. The van der Waals surface area contributed by atoms with Crippen LogP contribution in [0, 0.1) is 27.7 Å². The van der Waals surface area contributed by atoms with Gasteiger partial charge in [0.15, 0.2) is 5.43 Å². The van der Waals surface area contributed by atoms with Gasteiger partial charge in [-0.25, -0.2) is 0 Å². The molecule has 0 bridgehead atoms. The molecule has 0 unspecified atom stereocenters. The second-order valence-electron chi connectivity index (χ2n) is 10.3. The summed E-state index contributed by atoms with van der Waals surface area (Å²) in [5.41, 5.74) is 9.67. The van der Waals surface area contributed by atoms with E-state index in [0.717, 1.165) is 34.6 Å². The van der Waals surface area contributed by atoms with Crippen LogP contribution in [0.3, 0.4) is 0 Å². The molecule has 188 valence electrons. The van der Waals surface area contributed by atoms with Crippen molar-refractivity contribution >= 4 is 21.6 Å². The molecule has 0 amide bonds. The quantitative estimate of drug-likeness (QED) is 0.227. The van der Waals surface area contributed by atoms with Gasteiger partial charge in [0.1, 0.15) is 4.83 Å². The number of hydrogen-bond acceptors (Lipinski definition) is 3. The lowest BCUT2D eigenvalue weighted by molar-refractivity contribution is 0.321. The van der Waals surface area contributed by atoms with E-state index in [-0.39, 0.29) is 5.43 Å². The lowest BCUT2D eigenvalue weighted by atomic mass is 10.0. The standard InChI is InChI=1S/C33H34N2OS/c1-22-6-12-26(13-7-22)19-34(5)21-29-31-30(36)18-25(4)35(20-27-14-8-23(2)9-15-27)33(31)37-32(29)28-16-10-24(3)11-17-28/h6-18H,19-21H2,1-5H3. The Hall–Kier alpha value is -3.47. The number of rotatable bonds is 7. The highest BCUT2D eigenvalue weighted by Crippen LogP contribution is 2.39. The molecule has 5 rings (SSSR count). The molecule has 2 heterocycles. The Morgan fingerprint density at radius 1 is 0.730 bits per heavy atom. The van der Waals surface area contributed by atoms with Gasteiger partial charge in [-0.1, -0.05) is 89.5 Å². The summed E-state index contributed by atoms with van der Waals surface area (Å²) in [6.45, 7) is 10.7. The SMILES string of the molecule is Cc1ccc(CN(C)Cc2c(-c3ccc(C)cc3)sc3c2c(=O)cc(C)n3Cc2ccc(C)cc2)cc1. The minimum atomic E-state index is 0.112. The number of hydrogen-bond donors (Lipinski definition) is 0. The normalized spacial score (nSPS) is 11.5. The van der Waals surface area contributed by atoms with Crippen molar-refractivity contribution in [3.05, 3.63) is 128 Å². The van der Waals surface area contributed by atoms with Crippen LogP contribution in [0.5, 0.6) is 0 Å². The molecule has 0 N–H and O–H groups in total. The van der Waals surface area contributed by atoms with Gasteiger partial charge in [-0.3, -0.25) is 9.69 Å². The largest absolute Gasteiger partial charge is 0.332 e. The molecule has 0 spiro atoms. The third kappa shape index (κ3) is 5.46. The van der Waals surface area contributed by atoms with E-state index in [0.29, 0.717) is 6.54 Å². The molecule has 0 aliphatic rings. The molecule has 37 heavy (non-hydrogen) atoms. The van der Waals surface area contributed by atoms with Crippen molar-refractivity contribution in [3.8, 4) is 10.4 Å². The zero-order valence-electron chi connectivity index (χ0n) is 22.3. The molecule has 0 saturated carbocycles. The Balaban J connectivity index is 1.63. The number of aromatic nitrogens is 1. The third-order valence-corrected chi connectivity index (χ3v) is 8.33. The molecular weight excluding hydrogens is 472 g/mol. The number of fused-ring (bicyclic) bond motifs is 1. The average molecular weight is 507 g/mol. The molecule has 2 aromatic heterocycles. The van der Waals surface area contributed by atoms with Crippen LogP contribution in [0.15, 0.2) is 83.7 Å². The van der Waals surface area contributed by atoms with Gasteiger partial charge in [-0.15, -0.1) is 11.3 Å². The second-order valence-corrected chi connectivity index (χ2v) is 11.3. The van der Waals surface area contributed by atoms with Gasteiger partial charge >= 0.3 is 0 Å². The minimum Gasteiger partial charge on any atom is -0.332 e. The number of aryl methyl sites for hydroxylation is 4. The summed E-state index contributed by atoms with van der Waals surface area (Å²) in [6.07, 6.45) is 0. The number of nitrogens with zero attached hydrogens (tertiary/aromatic N) is 2. The molecule has 0 aliphatic heterocycles. The van der Waals surface area contributed by atoms with Crippen molar-refractivity contribution in [3.63, 3.8) is 0 Å². The van der Waals surface area contributed by atoms with Crippen LogP contribution in [0.4, 0.5) is 0 Å². The van der Waals surface area contributed by atoms with Crippen LogP contribution in [0.25, 0.3) is 20.7 Å². The van der Waals surface area contributed by atoms with Crippen molar-refractivity contribution in [2.24, 2.45) is 0 Å². The van der Waals surface area contributed by atoms with Crippen LogP contribution < -0.4 is 5.43 Å². The fraction of sp³-hybridized carbons (Fsp3) is 0.242. The zero-order chi connectivity index (χ0) is 26.1. The summed E-state index contributed by atoms with van der Waals surface area (Å²) in [5.74, 6) is 0. The Bertz CT molecular complexity index is 1590. The summed E-state index contributed by atoms with van der Waals surface area (Å²) in [4.78, 5) is 18.1. The minimum absolute atomic E-state index is 0.112. The zero-order valence-corrected chi connectivity index (χ0v) is 23.2. The van der Waals surface area contributed by atoms with Gasteiger partial charge in [0.25, 0.3) is 0 Å². The first-order chi connectivity index (χ1) is 17.8. The second kappa shape index (κ2) is 10.5. The highest BCUT2D eigenvalue weighted by Gasteiger charge is 2.21. The van der Waals surface area contributed by atoms with Crippen molar-refractivity contribution < 1.29 is 0 Å². The predicted octanol–water partition coefficient (Wildman–Crippen LogP) is 7.64. The first-order valence-corrected chi connectivity index (χ1v) is 13.6. The van der Waals surface area contributed by atoms with E-state index in [1.165, 1.54) is 38.3 Å². The van der Waals surface area contributed by atoms with E-state index >= 15 is 0 Å². The lowest BCUT2D eigenvalue weighted by Gasteiger charge is -2.18. The molecule has 0 atom stereocenters. The van der Waals surface area contributed by atoms with Gasteiger partial charge in [-0.05, 0) is 57.0 Å². The topological polar surface area (TPSA) is 25.2 Å². The van der Waals surface area contributed by atoms with Gasteiger partial charge in [-0.2, -0.15) is 0 Å². The first kappa shape index (κ1) is 25.2. The number of benzene rings is 3. The van der Waals surface area contributed by atoms with Crippen LogP contribution >= 0.6 is 11.3 Å². The summed E-state index contributed by atoms with van der Waals surface area (Å²) in [5, 5.41) is 0.856. The Kier molecular flexibility index (Phi) is 7.14. The van der Waals surface area contributed by atoms with Crippen LogP contribution in [-0.2, 0) is 19.6 Å². The van der Waals surface area contributed by atoms with Crippen molar-refractivity contribution in [2.75, 3.05) is 7.05 Å².